The second-order valence-corrected chi connectivity index (χ2v) is 6.04. The quantitative estimate of drug-likeness (QED) is 0.794. The molecule has 27 heavy (non-hydrogen) atoms. The van der Waals surface area contributed by atoms with Crippen molar-refractivity contribution in [1.29, 1.82) is 0 Å². The van der Waals surface area contributed by atoms with Crippen LogP contribution in [0.2, 0.25) is 5.02 Å². The maximum Gasteiger partial charge on any atom is 0.430 e. The lowest BCUT2D eigenvalue weighted by Crippen LogP contribution is -2.40. The molecule has 0 saturated carbocycles. The van der Waals surface area contributed by atoms with E-state index in [1.807, 2.05) is 0 Å². The molecular formula is C18H12ClF3O5. The van der Waals surface area contributed by atoms with Gasteiger partial charge in [-0.15, -0.1) is 0 Å². The van der Waals surface area contributed by atoms with E-state index in [1.54, 1.807) is 12.1 Å². The molecule has 1 atom stereocenters. The second kappa shape index (κ2) is 7.13. The van der Waals surface area contributed by atoms with Crippen LogP contribution < -0.4 is 9.47 Å². The first-order valence-electron chi connectivity index (χ1n) is 7.59. The van der Waals surface area contributed by atoms with Crippen LogP contribution in [-0.2, 0) is 11.4 Å². The van der Waals surface area contributed by atoms with E-state index in [4.69, 9.17) is 31.3 Å². The third-order valence-electron chi connectivity index (χ3n) is 3.81. The highest BCUT2D eigenvalue weighted by Gasteiger charge is 2.48. The number of carboxylic acid groups (broad SMARTS) is 1. The van der Waals surface area contributed by atoms with Crippen molar-refractivity contribution in [2.75, 3.05) is 0 Å². The Bertz CT molecular complexity index is 906. The predicted octanol–water partition coefficient (Wildman–Crippen LogP) is 4.42. The molecule has 9 heteroatoms. The van der Waals surface area contributed by atoms with Gasteiger partial charge in [-0.05, 0) is 35.9 Å². The zero-order valence-corrected chi connectivity index (χ0v) is 14.2. The first-order valence-corrected chi connectivity index (χ1v) is 7.97. The van der Waals surface area contributed by atoms with Crippen molar-refractivity contribution < 1.29 is 37.7 Å². The Morgan fingerprint density at radius 3 is 2.41 bits per heavy atom. The van der Waals surface area contributed by atoms with Gasteiger partial charge in [-0.3, -0.25) is 0 Å². The summed E-state index contributed by atoms with van der Waals surface area (Å²) in [4.78, 5) is 11.3. The van der Waals surface area contributed by atoms with Crippen molar-refractivity contribution >= 4 is 23.6 Å². The van der Waals surface area contributed by atoms with E-state index in [1.165, 1.54) is 24.3 Å². The van der Waals surface area contributed by atoms with Crippen LogP contribution in [0.3, 0.4) is 0 Å². The first kappa shape index (κ1) is 19.1. The molecule has 0 spiro atoms. The number of hydrogen-bond acceptors (Lipinski definition) is 4. The molecule has 0 fully saturated rings. The van der Waals surface area contributed by atoms with Gasteiger partial charge >= 0.3 is 12.1 Å². The maximum atomic E-state index is 13.1. The highest BCUT2D eigenvalue weighted by Crippen LogP contribution is 2.45. The monoisotopic (exact) mass is 400 g/mol. The highest BCUT2D eigenvalue weighted by molar-refractivity contribution is 6.32. The minimum Gasteiger partial charge on any atom is -0.478 e. The Hall–Kier alpha value is -2.71. The van der Waals surface area contributed by atoms with Crippen LogP contribution in [0.15, 0.2) is 42.0 Å². The van der Waals surface area contributed by atoms with Crippen LogP contribution in [0.1, 0.15) is 11.1 Å². The lowest BCUT2D eigenvalue weighted by molar-refractivity contribution is -0.187. The molecule has 3 rings (SSSR count). The van der Waals surface area contributed by atoms with Gasteiger partial charge in [0.1, 0.15) is 11.5 Å². The smallest absolute Gasteiger partial charge is 0.430 e. The summed E-state index contributed by atoms with van der Waals surface area (Å²) in [7, 11) is 0. The predicted molar refractivity (Wildman–Crippen MR) is 90.0 cm³/mol. The Labute approximate surface area is 156 Å². The Kier molecular flexibility index (Phi) is 5.03. The van der Waals surface area contributed by atoms with Gasteiger partial charge in [-0.2, -0.15) is 13.2 Å². The largest absolute Gasteiger partial charge is 0.478 e. The first-order chi connectivity index (χ1) is 12.7. The minimum absolute atomic E-state index is 0.00775. The van der Waals surface area contributed by atoms with Gasteiger partial charge in [0, 0.05) is 0 Å². The highest BCUT2D eigenvalue weighted by atomic mass is 35.5. The SMILES string of the molecule is O=C(O)C1=Cc2c(ccc(Cl)c2Oc2ccc(CO)cc2)OC1C(F)(F)F. The van der Waals surface area contributed by atoms with Crippen molar-refractivity contribution in [1.82, 2.24) is 0 Å². The van der Waals surface area contributed by atoms with Gasteiger partial charge in [0.15, 0.2) is 5.75 Å². The topological polar surface area (TPSA) is 76.0 Å². The van der Waals surface area contributed by atoms with Gasteiger partial charge in [-0.1, -0.05) is 23.7 Å². The summed E-state index contributed by atoms with van der Waals surface area (Å²) in [5.41, 5.74) is -0.350. The van der Waals surface area contributed by atoms with Gasteiger partial charge in [-0.25, -0.2) is 4.79 Å². The summed E-state index contributed by atoms with van der Waals surface area (Å²) in [6, 6.07) is 8.76. The fourth-order valence-corrected chi connectivity index (χ4v) is 2.72. The van der Waals surface area contributed by atoms with E-state index in [9.17, 15) is 18.0 Å². The van der Waals surface area contributed by atoms with Crippen molar-refractivity contribution in [3.05, 3.63) is 58.1 Å². The third kappa shape index (κ3) is 3.86. The average molecular weight is 401 g/mol. The molecule has 0 radical (unpaired) electrons. The number of fused-ring (bicyclic) bond motifs is 1. The summed E-state index contributed by atoms with van der Waals surface area (Å²) in [5, 5.41) is 18.3. The van der Waals surface area contributed by atoms with E-state index in [0.717, 1.165) is 6.08 Å². The fourth-order valence-electron chi connectivity index (χ4n) is 2.52. The molecule has 2 N–H and O–H groups in total. The molecule has 1 unspecified atom stereocenters. The number of aliphatic hydroxyl groups is 1. The summed E-state index contributed by atoms with van der Waals surface area (Å²) in [6.45, 7) is -0.168. The van der Waals surface area contributed by atoms with Crippen molar-refractivity contribution in [2.45, 2.75) is 18.9 Å². The number of benzene rings is 2. The summed E-state index contributed by atoms with van der Waals surface area (Å²) in [6.07, 6.45) is -6.65. The van der Waals surface area contributed by atoms with E-state index >= 15 is 0 Å². The Balaban J connectivity index is 2.06. The van der Waals surface area contributed by atoms with E-state index in [2.05, 4.69) is 0 Å². The van der Waals surface area contributed by atoms with E-state index in [-0.39, 0.29) is 28.7 Å². The van der Waals surface area contributed by atoms with Gasteiger partial charge < -0.3 is 19.7 Å². The van der Waals surface area contributed by atoms with Crippen LogP contribution in [0.25, 0.3) is 6.08 Å². The van der Waals surface area contributed by atoms with Crippen molar-refractivity contribution in [2.24, 2.45) is 0 Å². The minimum atomic E-state index is -4.90. The zero-order chi connectivity index (χ0) is 19.8. The number of alkyl halides is 3. The molecule has 1 aliphatic heterocycles. The number of halogens is 4. The molecule has 1 heterocycles. The fraction of sp³-hybridized carbons (Fsp3) is 0.167. The summed E-state index contributed by atoms with van der Waals surface area (Å²) >= 11 is 6.10. The number of rotatable bonds is 4. The standard InChI is InChI=1S/C18H12ClF3O5/c19-13-5-6-14-11(7-12(17(24)25)16(27-14)18(20,21)22)15(13)26-10-3-1-9(8-23)2-4-10/h1-7,16,23H,8H2,(H,24,25). The molecular weight excluding hydrogens is 389 g/mol. The lowest BCUT2D eigenvalue weighted by Gasteiger charge is -2.28. The summed E-state index contributed by atoms with van der Waals surface area (Å²) in [5.74, 6) is -1.70. The molecule has 0 aromatic heterocycles. The van der Waals surface area contributed by atoms with Gasteiger partial charge in [0.05, 0.1) is 22.8 Å². The average Bonchev–Trinajstić information content (AvgIpc) is 2.62. The third-order valence-corrected chi connectivity index (χ3v) is 4.10. The molecule has 0 amide bonds. The van der Waals surface area contributed by atoms with Gasteiger partial charge in [0.25, 0.3) is 0 Å². The Morgan fingerprint density at radius 2 is 1.85 bits per heavy atom. The number of carboxylic acids is 1. The molecule has 0 aliphatic carbocycles. The molecule has 0 saturated heterocycles. The molecule has 142 valence electrons. The number of aliphatic carboxylic acids is 1. The second-order valence-electron chi connectivity index (χ2n) is 5.64. The van der Waals surface area contributed by atoms with Crippen LogP contribution in [-0.4, -0.2) is 28.5 Å². The number of carbonyl (C=O) groups is 1. The van der Waals surface area contributed by atoms with Crippen LogP contribution in [0, 0.1) is 0 Å². The lowest BCUT2D eigenvalue weighted by atomic mass is 10.0. The van der Waals surface area contributed by atoms with Crippen LogP contribution >= 0.6 is 11.6 Å². The molecule has 2 aromatic carbocycles. The molecule has 0 bridgehead atoms. The number of ether oxygens (including phenoxy) is 2. The molecule has 1 aliphatic rings. The van der Waals surface area contributed by atoms with Crippen molar-refractivity contribution in [3.63, 3.8) is 0 Å². The zero-order valence-electron chi connectivity index (χ0n) is 13.5. The number of aliphatic hydroxyl groups excluding tert-OH is 1. The molecule has 2 aromatic rings. The molecule has 5 nitrogen and oxygen atoms in total. The maximum absolute atomic E-state index is 13.1. The normalized spacial score (nSPS) is 16.2. The van der Waals surface area contributed by atoms with E-state index < -0.39 is 23.8 Å². The van der Waals surface area contributed by atoms with Gasteiger partial charge in [0.2, 0.25) is 6.10 Å². The van der Waals surface area contributed by atoms with Crippen molar-refractivity contribution in [3.8, 4) is 17.2 Å². The van der Waals surface area contributed by atoms with Crippen LogP contribution in [0.4, 0.5) is 13.2 Å². The Morgan fingerprint density at radius 1 is 1.19 bits per heavy atom. The van der Waals surface area contributed by atoms with Crippen LogP contribution in [0.5, 0.6) is 17.2 Å². The van der Waals surface area contributed by atoms with E-state index in [0.29, 0.717) is 11.3 Å². The summed E-state index contributed by atoms with van der Waals surface area (Å²) < 4.78 is 49.9. The number of hydrogen-bond donors (Lipinski definition) is 2.